The molecule has 23 heavy (non-hydrogen) atoms. The lowest BCUT2D eigenvalue weighted by atomic mass is 10.1. The third kappa shape index (κ3) is 4.87. The Kier molecular flexibility index (Phi) is 6.25. The molecule has 0 saturated carbocycles. The van der Waals surface area contributed by atoms with Crippen molar-refractivity contribution in [2.75, 3.05) is 20.3 Å². The summed E-state index contributed by atoms with van der Waals surface area (Å²) in [4.78, 5) is 24.8. The van der Waals surface area contributed by atoms with Gasteiger partial charge in [-0.15, -0.1) is 11.3 Å². The normalized spacial score (nSPS) is 11.7. The third-order valence-electron chi connectivity index (χ3n) is 2.96. The topological polar surface area (TPSA) is 64.6 Å². The second-order valence-electron chi connectivity index (χ2n) is 4.60. The molecule has 1 N–H and O–H groups in total. The Bertz CT molecular complexity index is 643. The number of amides is 1. The fourth-order valence-corrected chi connectivity index (χ4v) is 2.44. The zero-order valence-electron chi connectivity index (χ0n) is 12.5. The Balaban J connectivity index is 2.15. The molecule has 0 radical (unpaired) electrons. The summed E-state index contributed by atoms with van der Waals surface area (Å²) in [6, 6.07) is 8.58. The molecule has 0 unspecified atom stereocenters. The van der Waals surface area contributed by atoms with Gasteiger partial charge in [-0.1, -0.05) is 18.2 Å². The molecule has 0 saturated heterocycles. The van der Waals surface area contributed by atoms with Gasteiger partial charge in [0, 0.05) is 19.2 Å². The summed E-state index contributed by atoms with van der Waals surface area (Å²) in [6.45, 7) is 0.615. The van der Waals surface area contributed by atoms with E-state index in [4.69, 9.17) is 9.47 Å². The Morgan fingerprint density at radius 1 is 1.26 bits per heavy atom. The number of carbonyl (C=O) groups excluding carboxylic acids is 2. The molecule has 1 atom stereocenters. The lowest BCUT2D eigenvalue weighted by Crippen LogP contribution is -2.34. The van der Waals surface area contributed by atoms with Crippen molar-refractivity contribution in [3.8, 4) is 0 Å². The molecule has 0 bridgehead atoms. The van der Waals surface area contributed by atoms with E-state index in [0.717, 1.165) is 0 Å². The van der Waals surface area contributed by atoms with E-state index in [-0.39, 0.29) is 6.54 Å². The second-order valence-corrected chi connectivity index (χ2v) is 5.55. The number of hydrogen-bond donors (Lipinski definition) is 1. The van der Waals surface area contributed by atoms with Crippen LogP contribution >= 0.6 is 11.3 Å². The van der Waals surface area contributed by atoms with Crippen molar-refractivity contribution in [2.45, 2.75) is 6.10 Å². The average molecular weight is 337 g/mol. The van der Waals surface area contributed by atoms with Crippen molar-refractivity contribution < 1.29 is 23.5 Å². The highest BCUT2D eigenvalue weighted by atomic mass is 32.1. The van der Waals surface area contributed by atoms with E-state index < -0.39 is 23.8 Å². The number of benzene rings is 1. The zero-order valence-corrected chi connectivity index (χ0v) is 13.3. The average Bonchev–Trinajstić information content (AvgIpc) is 3.08. The molecule has 5 nitrogen and oxygen atoms in total. The van der Waals surface area contributed by atoms with E-state index in [1.165, 1.54) is 42.7 Å². The van der Waals surface area contributed by atoms with Crippen LogP contribution in [0.2, 0.25) is 0 Å². The molecule has 1 heterocycles. The van der Waals surface area contributed by atoms with E-state index in [0.29, 0.717) is 17.0 Å². The largest absolute Gasteiger partial charge is 0.443 e. The van der Waals surface area contributed by atoms with Crippen LogP contribution in [-0.4, -0.2) is 32.1 Å². The minimum Gasteiger partial charge on any atom is -0.443 e. The summed E-state index contributed by atoms with van der Waals surface area (Å²) in [5.41, 5.74) is 0.395. The smallest absolute Gasteiger partial charge is 0.349 e. The lowest BCUT2D eigenvalue weighted by Gasteiger charge is -2.17. The van der Waals surface area contributed by atoms with Gasteiger partial charge >= 0.3 is 5.97 Å². The maximum Gasteiger partial charge on any atom is 0.349 e. The first-order chi connectivity index (χ1) is 11.1. The molecule has 2 aromatic rings. The molecule has 0 fully saturated rings. The monoisotopic (exact) mass is 337 g/mol. The van der Waals surface area contributed by atoms with Crippen LogP contribution in [0.1, 0.15) is 21.3 Å². The van der Waals surface area contributed by atoms with Crippen LogP contribution in [0.15, 0.2) is 41.8 Å². The molecule has 1 aromatic heterocycles. The van der Waals surface area contributed by atoms with E-state index in [2.05, 4.69) is 5.32 Å². The maximum atomic E-state index is 13.1. The summed E-state index contributed by atoms with van der Waals surface area (Å²) in [6.07, 6.45) is -1.15. The predicted molar refractivity (Wildman–Crippen MR) is 83.8 cm³/mol. The van der Waals surface area contributed by atoms with Gasteiger partial charge in [-0.3, -0.25) is 4.79 Å². The molecular weight excluding hydrogens is 321 g/mol. The molecule has 0 aliphatic rings. The molecule has 0 aliphatic heterocycles. The van der Waals surface area contributed by atoms with Crippen LogP contribution < -0.4 is 5.32 Å². The minimum absolute atomic E-state index is 0.281. The van der Waals surface area contributed by atoms with Crippen molar-refractivity contribution in [3.05, 3.63) is 58.0 Å². The van der Waals surface area contributed by atoms with Crippen LogP contribution in [0.3, 0.4) is 0 Å². The fourth-order valence-electron chi connectivity index (χ4n) is 1.84. The Hall–Kier alpha value is -2.25. The quantitative estimate of drug-likeness (QED) is 0.623. The highest BCUT2D eigenvalue weighted by Gasteiger charge is 2.25. The number of rotatable bonds is 7. The molecule has 0 spiro atoms. The van der Waals surface area contributed by atoms with Crippen LogP contribution in [0, 0.1) is 5.82 Å². The summed E-state index contributed by atoms with van der Waals surface area (Å²) in [7, 11) is 1.51. The first-order valence-corrected chi connectivity index (χ1v) is 7.76. The molecular formula is C16H16FNO4S. The van der Waals surface area contributed by atoms with Crippen LogP contribution in [0.5, 0.6) is 0 Å². The maximum absolute atomic E-state index is 13.1. The van der Waals surface area contributed by atoms with Crippen molar-refractivity contribution in [1.82, 2.24) is 5.32 Å². The van der Waals surface area contributed by atoms with Gasteiger partial charge in [-0.2, -0.15) is 0 Å². The predicted octanol–water partition coefficient (Wildman–Crippen LogP) is 2.55. The van der Waals surface area contributed by atoms with Gasteiger partial charge in [-0.05, 0) is 23.6 Å². The highest BCUT2D eigenvalue weighted by molar-refractivity contribution is 7.11. The van der Waals surface area contributed by atoms with Gasteiger partial charge in [0.05, 0.1) is 6.61 Å². The highest BCUT2D eigenvalue weighted by Crippen LogP contribution is 2.21. The summed E-state index contributed by atoms with van der Waals surface area (Å²) in [5.74, 6) is -1.52. The summed E-state index contributed by atoms with van der Waals surface area (Å²) in [5, 5.41) is 4.35. The summed E-state index contributed by atoms with van der Waals surface area (Å²) >= 11 is 1.22. The van der Waals surface area contributed by atoms with Crippen molar-refractivity contribution in [3.63, 3.8) is 0 Å². The van der Waals surface area contributed by atoms with Crippen LogP contribution in [0.4, 0.5) is 4.39 Å². The van der Waals surface area contributed by atoms with E-state index >= 15 is 0 Å². The number of esters is 1. The second kappa shape index (κ2) is 8.40. The zero-order chi connectivity index (χ0) is 16.7. The Morgan fingerprint density at radius 3 is 2.61 bits per heavy atom. The summed E-state index contributed by atoms with van der Waals surface area (Å²) < 4.78 is 23.2. The number of hydrogen-bond acceptors (Lipinski definition) is 5. The van der Waals surface area contributed by atoms with E-state index in [9.17, 15) is 14.0 Å². The van der Waals surface area contributed by atoms with Gasteiger partial charge in [-0.25, -0.2) is 9.18 Å². The van der Waals surface area contributed by atoms with Crippen molar-refractivity contribution in [1.29, 1.82) is 0 Å². The SMILES string of the molecule is COCCNC(=O)[C@@H](OC(=O)c1cccs1)c1ccc(F)cc1. The van der Waals surface area contributed by atoms with Gasteiger partial charge in [0.15, 0.2) is 0 Å². The number of nitrogens with one attached hydrogen (secondary N) is 1. The number of thiophene rings is 1. The first kappa shape index (κ1) is 17.1. The third-order valence-corrected chi connectivity index (χ3v) is 3.81. The van der Waals surface area contributed by atoms with E-state index in [1.54, 1.807) is 17.5 Å². The number of methoxy groups -OCH3 is 1. The van der Waals surface area contributed by atoms with Crippen molar-refractivity contribution in [2.24, 2.45) is 0 Å². The molecule has 2 rings (SSSR count). The lowest BCUT2D eigenvalue weighted by molar-refractivity contribution is -0.130. The molecule has 1 aromatic carbocycles. The van der Waals surface area contributed by atoms with Gasteiger partial charge in [0.2, 0.25) is 6.10 Å². The Morgan fingerprint density at radius 2 is 2.00 bits per heavy atom. The molecule has 0 aliphatic carbocycles. The molecule has 1 amide bonds. The standard InChI is InChI=1S/C16H16FNO4S/c1-21-9-8-18-15(19)14(11-4-6-12(17)7-5-11)22-16(20)13-3-2-10-23-13/h2-7,10,14H,8-9H2,1H3,(H,18,19)/t14-/m0/s1. The van der Waals surface area contributed by atoms with Gasteiger partial charge < -0.3 is 14.8 Å². The van der Waals surface area contributed by atoms with Gasteiger partial charge in [0.25, 0.3) is 5.91 Å². The minimum atomic E-state index is -1.15. The Labute approximate surface area is 137 Å². The number of ether oxygens (including phenoxy) is 2. The molecule has 122 valence electrons. The fraction of sp³-hybridized carbons (Fsp3) is 0.250. The first-order valence-electron chi connectivity index (χ1n) is 6.88. The van der Waals surface area contributed by atoms with Gasteiger partial charge in [0.1, 0.15) is 10.7 Å². The van der Waals surface area contributed by atoms with Crippen LogP contribution in [-0.2, 0) is 14.3 Å². The van der Waals surface area contributed by atoms with Crippen molar-refractivity contribution >= 4 is 23.2 Å². The molecule has 7 heteroatoms. The number of halogens is 1. The van der Waals surface area contributed by atoms with Crippen LogP contribution in [0.25, 0.3) is 0 Å². The van der Waals surface area contributed by atoms with E-state index in [1.807, 2.05) is 0 Å². The number of carbonyl (C=O) groups is 2.